The number of hydrogen-bond donors (Lipinski definition) is 1. The van der Waals surface area contributed by atoms with Gasteiger partial charge < -0.3 is 19.7 Å². The fourth-order valence-electron chi connectivity index (χ4n) is 6.35. The van der Waals surface area contributed by atoms with Crippen molar-refractivity contribution >= 4 is 35.1 Å². The van der Waals surface area contributed by atoms with Crippen LogP contribution in [-0.2, 0) is 16.1 Å². The van der Waals surface area contributed by atoms with E-state index in [9.17, 15) is 4.79 Å². The number of hydrogen-bond acceptors (Lipinski definition) is 9. The normalized spacial score (nSPS) is 21.3. The molecular formula is C31H36Cl2N6O3. The molecule has 0 saturated carbocycles. The van der Waals surface area contributed by atoms with E-state index in [2.05, 4.69) is 31.2 Å². The van der Waals surface area contributed by atoms with Crippen molar-refractivity contribution in [2.45, 2.75) is 44.7 Å². The van der Waals surface area contributed by atoms with Crippen molar-refractivity contribution in [1.29, 1.82) is 0 Å². The predicted molar refractivity (Wildman–Crippen MR) is 163 cm³/mol. The minimum Gasteiger partial charge on any atom is -0.469 e. The van der Waals surface area contributed by atoms with Gasteiger partial charge in [-0.2, -0.15) is 0 Å². The number of nitrogens with zero attached hydrogens (tertiary/aromatic N) is 5. The number of carbonyl (C=O) groups excluding carboxylic acids is 1. The standard InChI is InChI=1S/C31H36Cl2N6O3/c1-41-30(40)12-20-3-7-38(8-4-20)18-21-10-28(23-13-24(32)15-25(33)14-23)37-29(11-21)42-26-16-35-31(36-17-26)39-9-5-27-22(19-39)2-6-34-27/h10-11,13-17,20,22,27,34H,2-9,12,18-19H2,1H3/t22-,27-/m0/s1. The Bertz CT molecular complexity index is 1380. The first-order valence-electron chi connectivity index (χ1n) is 14.7. The topological polar surface area (TPSA) is 92.7 Å². The number of nitrogens with one attached hydrogen (secondary N) is 1. The molecule has 3 fully saturated rings. The number of benzene rings is 1. The number of carbonyl (C=O) groups is 1. The maximum Gasteiger partial charge on any atom is 0.305 e. The molecule has 0 unspecified atom stereocenters. The third kappa shape index (κ3) is 7.14. The molecule has 3 saturated heterocycles. The van der Waals surface area contributed by atoms with Crippen LogP contribution < -0.4 is 15.0 Å². The second-order valence-corrected chi connectivity index (χ2v) is 12.4. The highest BCUT2D eigenvalue weighted by molar-refractivity contribution is 6.35. The van der Waals surface area contributed by atoms with Crippen LogP contribution in [0.15, 0.2) is 42.7 Å². The van der Waals surface area contributed by atoms with E-state index in [1.807, 2.05) is 18.2 Å². The number of piperidine rings is 2. The van der Waals surface area contributed by atoms with Gasteiger partial charge in [-0.15, -0.1) is 0 Å². The number of pyridine rings is 1. The number of methoxy groups -OCH3 is 1. The Kier molecular flexibility index (Phi) is 9.09. The Balaban J connectivity index is 1.18. The van der Waals surface area contributed by atoms with E-state index >= 15 is 0 Å². The molecule has 42 heavy (non-hydrogen) atoms. The van der Waals surface area contributed by atoms with Gasteiger partial charge in [0.1, 0.15) is 0 Å². The zero-order valence-corrected chi connectivity index (χ0v) is 25.3. The van der Waals surface area contributed by atoms with E-state index in [0.717, 1.165) is 81.3 Å². The number of likely N-dealkylation sites (tertiary alicyclic amines) is 1. The molecule has 6 rings (SSSR count). The summed E-state index contributed by atoms with van der Waals surface area (Å²) in [5, 5.41) is 4.69. The second kappa shape index (κ2) is 13.1. The Labute approximate surface area is 256 Å². The van der Waals surface area contributed by atoms with Crippen molar-refractivity contribution in [2.24, 2.45) is 11.8 Å². The Morgan fingerprint density at radius 3 is 2.50 bits per heavy atom. The minimum absolute atomic E-state index is 0.137. The van der Waals surface area contributed by atoms with Crippen molar-refractivity contribution in [2.75, 3.05) is 44.7 Å². The van der Waals surface area contributed by atoms with Crippen molar-refractivity contribution in [1.82, 2.24) is 25.2 Å². The van der Waals surface area contributed by atoms with Crippen LogP contribution in [0, 0.1) is 11.8 Å². The largest absolute Gasteiger partial charge is 0.469 e. The number of esters is 1. The fourth-order valence-corrected chi connectivity index (χ4v) is 6.88. The Morgan fingerprint density at radius 1 is 1.00 bits per heavy atom. The van der Waals surface area contributed by atoms with E-state index in [-0.39, 0.29) is 5.97 Å². The molecule has 3 aromatic rings. The number of fused-ring (bicyclic) bond motifs is 1. The summed E-state index contributed by atoms with van der Waals surface area (Å²) in [6.45, 7) is 5.56. The average molecular weight is 612 g/mol. The summed E-state index contributed by atoms with van der Waals surface area (Å²) in [6.07, 6.45) is 8.15. The molecule has 11 heteroatoms. The lowest BCUT2D eigenvalue weighted by atomic mass is 9.93. The third-order valence-electron chi connectivity index (χ3n) is 8.59. The average Bonchev–Trinajstić information content (AvgIpc) is 3.46. The molecule has 0 radical (unpaired) electrons. The number of halogens is 2. The fraction of sp³-hybridized carbons (Fsp3) is 0.484. The van der Waals surface area contributed by atoms with Crippen LogP contribution >= 0.6 is 23.2 Å². The monoisotopic (exact) mass is 610 g/mol. The molecule has 2 atom stereocenters. The highest BCUT2D eigenvalue weighted by Gasteiger charge is 2.33. The maximum absolute atomic E-state index is 11.7. The molecule has 3 aliphatic heterocycles. The lowest BCUT2D eigenvalue weighted by Gasteiger charge is -2.34. The molecule has 9 nitrogen and oxygen atoms in total. The quantitative estimate of drug-likeness (QED) is 0.327. The summed E-state index contributed by atoms with van der Waals surface area (Å²) >= 11 is 12.7. The van der Waals surface area contributed by atoms with Gasteiger partial charge in [0.25, 0.3) is 0 Å². The van der Waals surface area contributed by atoms with E-state index in [0.29, 0.717) is 46.0 Å². The van der Waals surface area contributed by atoms with E-state index in [1.165, 1.54) is 13.5 Å². The second-order valence-electron chi connectivity index (χ2n) is 11.5. The highest BCUT2D eigenvalue weighted by atomic mass is 35.5. The number of rotatable bonds is 8. The van der Waals surface area contributed by atoms with E-state index < -0.39 is 0 Å². The summed E-state index contributed by atoms with van der Waals surface area (Å²) in [7, 11) is 1.45. The minimum atomic E-state index is -0.137. The van der Waals surface area contributed by atoms with Crippen LogP contribution in [0.4, 0.5) is 5.95 Å². The van der Waals surface area contributed by atoms with Crippen molar-refractivity contribution < 1.29 is 14.3 Å². The van der Waals surface area contributed by atoms with Gasteiger partial charge >= 0.3 is 5.97 Å². The van der Waals surface area contributed by atoms with Crippen LogP contribution in [0.2, 0.25) is 10.0 Å². The molecular weight excluding hydrogens is 575 g/mol. The molecule has 3 aliphatic rings. The molecule has 1 aromatic carbocycles. The van der Waals surface area contributed by atoms with E-state index in [4.69, 9.17) is 37.7 Å². The van der Waals surface area contributed by atoms with Gasteiger partial charge in [0, 0.05) is 53.8 Å². The molecule has 0 bridgehead atoms. The predicted octanol–water partition coefficient (Wildman–Crippen LogP) is 5.60. The van der Waals surface area contributed by atoms with Crippen LogP contribution in [-0.4, -0.2) is 71.7 Å². The van der Waals surface area contributed by atoms with Crippen LogP contribution in [0.5, 0.6) is 11.6 Å². The molecule has 5 heterocycles. The number of aromatic nitrogens is 3. The molecule has 1 N–H and O–H groups in total. The van der Waals surface area contributed by atoms with Crippen LogP contribution in [0.1, 0.15) is 37.7 Å². The Hall–Kier alpha value is -2.98. The number of ether oxygens (including phenoxy) is 2. The Morgan fingerprint density at radius 2 is 1.76 bits per heavy atom. The maximum atomic E-state index is 11.7. The first kappa shape index (κ1) is 29.1. The first-order valence-corrected chi connectivity index (χ1v) is 15.4. The van der Waals surface area contributed by atoms with Gasteiger partial charge in [-0.1, -0.05) is 23.2 Å². The zero-order chi connectivity index (χ0) is 29.1. The summed E-state index contributed by atoms with van der Waals surface area (Å²) in [5.74, 6) is 2.59. The zero-order valence-electron chi connectivity index (χ0n) is 23.8. The van der Waals surface area contributed by atoms with Gasteiger partial charge in [-0.3, -0.25) is 9.69 Å². The third-order valence-corrected chi connectivity index (χ3v) is 9.03. The van der Waals surface area contributed by atoms with Gasteiger partial charge in [-0.05, 0) is 87.0 Å². The van der Waals surface area contributed by atoms with Gasteiger partial charge in [-0.25, -0.2) is 15.0 Å². The van der Waals surface area contributed by atoms with Gasteiger partial charge in [0.2, 0.25) is 11.8 Å². The summed E-state index contributed by atoms with van der Waals surface area (Å²) in [6, 6.07) is 10.0. The SMILES string of the molecule is COC(=O)CC1CCN(Cc2cc(Oc3cnc(N4CC[C@@H]5NCC[C@H]5C4)nc3)nc(-c3cc(Cl)cc(Cl)c3)c2)CC1. The van der Waals surface area contributed by atoms with Crippen LogP contribution in [0.25, 0.3) is 11.3 Å². The first-order chi connectivity index (χ1) is 20.4. The summed E-state index contributed by atoms with van der Waals surface area (Å²) in [5.41, 5.74) is 2.59. The summed E-state index contributed by atoms with van der Waals surface area (Å²) < 4.78 is 11.1. The lowest BCUT2D eigenvalue weighted by molar-refractivity contribution is -0.142. The molecule has 222 valence electrons. The van der Waals surface area contributed by atoms with Crippen molar-refractivity contribution in [3.63, 3.8) is 0 Å². The highest BCUT2D eigenvalue weighted by Crippen LogP contribution is 2.32. The summed E-state index contributed by atoms with van der Waals surface area (Å²) in [4.78, 5) is 30.4. The van der Waals surface area contributed by atoms with Crippen molar-refractivity contribution in [3.05, 3.63) is 58.3 Å². The number of anilines is 1. The molecule has 2 aromatic heterocycles. The molecule has 0 amide bonds. The van der Waals surface area contributed by atoms with E-state index in [1.54, 1.807) is 18.5 Å². The molecule has 0 aliphatic carbocycles. The van der Waals surface area contributed by atoms with Crippen LogP contribution in [0.3, 0.4) is 0 Å². The van der Waals surface area contributed by atoms with Gasteiger partial charge in [0.05, 0.1) is 25.2 Å². The van der Waals surface area contributed by atoms with Gasteiger partial charge in [0.15, 0.2) is 5.75 Å². The molecule has 0 spiro atoms. The smallest absolute Gasteiger partial charge is 0.305 e. The van der Waals surface area contributed by atoms with Crippen molar-refractivity contribution in [3.8, 4) is 22.9 Å². The lowest BCUT2D eigenvalue weighted by Crippen LogP contribution is -2.45.